The van der Waals surface area contributed by atoms with Gasteiger partial charge < -0.3 is 9.64 Å². The van der Waals surface area contributed by atoms with E-state index in [0.717, 1.165) is 6.07 Å². The fourth-order valence-electron chi connectivity index (χ4n) is 3.67. The van der Waals surface area contributed by atoms with Crippen LogP contribution >= 0.6 is 11.6 Å². The van der Waals surface area contributed by atoms with E-state index in [1.165, 1.54) is 39.5 Å². The van der Waals surface area contributed by atoms with Gasteiger partial charge in [0.1, 0.15) is 10.6 Å². The van der Waals surface area contributed by atoms with Crippen LogP contribution in [-0.2, 0) is 16.4 Å². The summed E-state index contributed by atoms with van der Waals surface area (Å²) < 4.78 is 68.6. The summed E-state index contributed by atoms with van der Waals surface area (Å²) in [4.78, 5) is 14.5. The second-order valence-electron chi connectivity index (χ2n) is 7.13. The number of hydrogen-bond acceptors (Lipinski definition) is 4. The molecule has 0 saturated heterocycles. The first kappa shape index (κ1) is 24.3. The Morgan fingerprint density at radius 2 is 1.84 bits per heavy atom. The van der Waals surface area contributed by atoms with Crippen molar-refractivity contribution in [1.82, 2.24) is 4.31 Å². The summed E-state index contributed by atoms with van der Waals surface area (Å²) in [7, 11) is -3.89. The van der Waals surface area contributed by atoms with Crippen LogP contribution in [0.5, 0.6) is 5.75 Å². The lowest BCUT2D eigenvalue weighted by Crippen LogP contribution is -2.36. The number of benzene rings is 2. The van der Waals surface area contributed by atoms with Crippen LogP contribution in [0.15, 0.2) is 41.3 Å². The summed E-state index contributed by atoms with van der Waals surface area (Å²) in [5, 5.41) is 0.00133. The lowest BCUT2D eigenvalue weighted by molar-refractivity contribution is -0.274. The van der Waals surface area contributed by atoms with Crippen LogP contribution in [-0.4, -0.2) is 44.6 Å². The van der Waals surface area contributed by atoms with Crippen LogP contribution < -0.4 is 9.64 Å². The Morgan fingerprint density at radius 1 is 1.16 bits per heavy atom. The Morgan fingerprint density at radius 3 is 2.47 bits per heavy atom. The number of halogens is 4. The summed E-state index contributed by atoms with van der Waals surface area (Å²) in [5.74, 6) is -0.826. The predicted octanol–water partition coefficient (Wildman–Crippen LogP) is 4.86. The van der Waals surface area contributed by atoms with Crippen molar-refractivity contribution in [3.05, 3.63) is 52.5 Å². The third kappa shape index (κ3) is 5.02. The molecule has 0 radical (unpaired) electrons. The zero-order chi connectivity index (χ0) is 23.7. The van der Waals surface area contributed by atoms with Crippen molar-refractivity contribution in [2.75, 3.05) is 24.5 Å². The number of ether oxygens (including phenoxy) is 1. The van der Waals surface area contributed by atoms with E-state index in [1.54, 1.807) is 13.8 Å². The molecule has 0 aliphatic carbocycles. The van der Waals surface area contributed by atoms with Crippen molar-refractivity contribution in [3.63, 3.8) is 0 Å². The molecule has 0 N–H and O–H groups in total. The third-order valence-electron chi connectivity index (χ3n) is 5.15. The fraction of sp³-hybridized carbons (Fsp3) is 0.381. The van der Waals surface area contributed by atoms with Gasteiger partial charge in [0, 0.05) is 30.9 Å². The Labute approximate surface area is 189 Å². The first-order valence-corrected chi connectivity index (χ1v) is 11.8. The predicted molar refractivity (Wildman–Crippen MR) is 115 cm³/mol. The van der Waals surface area contributed by atoms with Gasteiger partial charge in [-0.05, 0) is 54.8 Å². The van der Waals surface area contributed by atoms with E-state index < -0.39 is 22.3 Å². The number of hydrogen-bond donors (Lipinski definition) is 0. The third-order valence-corrected chi connectivity index (χ3v) is 7.68. The zero-order valence-corrected chi connectivity index (χ0v) is 19.0. The van der Waals surface area contributed by atoms with Crippen molar-refractivity contribution in [2.24, 2.45) is 0 Å². The summed E-state index contributed by atoms with van der Waals surface area (Å²) in [6.07, 6.45) is -3.79. The van der Waals surface area contributed by atoms with Crippen LogP contribution in [0.4, 0.5) is 18.9 Å². The normalized spacial score (nSPS) is 14.4. The van der Waals surface area contributed by atoms with Gasteiger partial charge in [-0.15, -0.1) is 13.2 Å². The standard InChI is InChI=1S/C21H22ClF3N2O4S/c1-3-26(4-2)32(29,30)19-13-15(7-9-17(19)22)20(28)27-11-5-6-14-12-16(8-10-18(14)27)31-21(23,24)25/h7-10,12-13H,3-6,11H2,1-2H3. The number of aryl methyl sites for hydroxylation is 1. The van der Waals surface area contributed by atoms with Gasteiger partial charge in [-0.25, -0.2) is 8.42 Å². The number of carbonyl (C=O) groups excluding carboxylic acids is 1. The van der Waals surface area contributed by atoms with Crippen molar-refractivity contribution >= 4 is 33.2 Å². The number of alkyl halides is 3. The molecule has 1 aliphatic heterocycles. The van der Waals surface area contributed by atoms with E-state index in [0.29, 0.717) is 30.6 Å². The van der Waals surface area contributed by atoms with Crippen LogP contribution in [0.3, 0.4) is 0 Å². The highest BCUT2D eigenvalue weighted by atomic mass is 35.5. The van der Waals surface area contributed by atoms with Gasteiger partial charge >= 0.3 is 6.36 Å². The minimum Gasteiger partial charge on any atom is -0.406 e. The molecule has 1 amide bonds. The lowest BCUT2D eigenvalue weighted by Gasteiger charge is -2.30. The highest BCUT2D eigenvalue weighted by molar-refractivity contribution is 7.89. The topological polar surface area (TPSA) is 66.9 Å². The number of rotatable bonds is 6. The van der Waals surface area contributed by atoms with Crippen molar-refractivity contribution in [2.45, 2.75) is 37.9 Å². The summed E-state index contributed by atoms with van der Waals surface area (Å²) in [6, 6.07) is 7.85. The maximum absolute atomic E-state index is 13.2. The average molecular weight is 491 g/mol. The number of sulfonamides is 1. The molecule has 3 rings (SSSR count). The van der Waals surface area contributed by atoms with E-state index in [4.69, 9.17) is 11.6 Å². The summed E-state index contributed by atoms with van der Waals surface area (Å²) in [5.41, 5.74) is 1.11. The maximum atomic E-state index is 13.2. The van der Waals surface area contributed by atoms with E-state index in [1.807, 2.05) is 0 Å². The van der Waals surface area contributed by atoms with Gasteiger partial charge in [-0.2, -0.15) is 4.31 Å². The first-order chi connectivity index (χ1) is 15.0. The largest absolute Gasteiger partial charge is 0.573 e. The number of fused-ring (bicyclic) bond motifs is 1. The zero-order valence-electron chi connectivity index (χ0n) is 17.4. The van der Waals surface area contributed by atoms with Gasteiger partial charge in [-0.1, -0.05) is 25.4 Å². The van der Waals surface area contributed by atoms with Crippen molar-refractivity contribution in [3.8, 4) is 5.75 Å². The number of anilines is 1. The molecule has 6 nitrogen and oxygen atoms in total. The van der Waals surface area contributed by atoms with Crippen LogP contribution in [0.1, 0.15) is 36.2 Å². The average Bonchev–Trinajstić information content (AvgIpc) is 2.72. The molecule has 0 saturated carbocycles. The highest BCUT2D eigenvalue weighted by Crippen LogP contribution is 2.34. The van der Waals surface area contributed by atoms with Gasteiger partial charge in [0.05, 0.1) is 5.02 Å². The van der Waals surface area contributed by atoms with Gasteiger partial charge in [-0.3, -0.25) is 4.79 Å². The molecule has 11 heteroatoms. The summed E-state index contributed by atoms with van der Waals surface area (Å²) >= 11 is 6.14. The molecule has 32 heavy (non-hydrogen) atoms. The van der Waals surface area contributed by atoms with E-state index in [2.05, 4.69) is 4.74 Å². The van der Waals surface area contributed by atoms with Crippen LogP contribution in [0, 0.1) is 0 Å². The number of nitrogens with zero attached hydrogens (tertiary/aromatic N) is 2. The molecule has 2 aromatic carbocycles. The minimum atomic E-state index is -4.81. The van der Waals surface area contributed by atoms with E-state index in [9.17, 15) is 26.4 Å². The van der Waals surface area contributed by atoms with E-state index >= 15 is 0 Å². The Hall–Kier alpha value is -2.30. The van der Waals surface area contributed by atoms with Crippen LogP contribution in [0.25, 0.3) is 0 Å². The van der Waals surface area contributed by atoms with Crippen LogP contribution in [0.2, 0.25) is 5.02 Å². The van der Waals surface area contributed by atoms with Gasteiger partial charge in [0.15, 0.2) is 0 Å². The highest BCUT2D eigenvalue weighted by Gasteiger charge is 2.32. The SMILES string of the molecule is CCN(CC)S(=O)(=O)c1cc(C(=O)N2CCCc3cc(OC(F)(F)F)ccc32)ccc1Cl. The molecule has 1 aliphatic rings. The van der Waals surface area contributed by atoms with Crippen molar-refractivity contribution < 1.29 is 31.1 Å². The molecule has 0 fully saturated rings. The molecule has 0 spiro atoms. The van der Waals surface area contributed by atoms with Gasteiger partial charge in [0.2, 0.25) is 10.0 Å². The molecule has 1 heterocycles. The molecule has 0 bridgehead atoms. The Kier molecular flexibility index (Phi) is 7.06. The molecular weight excluding hydrogens is 469 g/mol. The molecule has 0 unspecified atom stereocenters. The molecule has 0 aromatic heterocycles. The minimum absolute atomic E-state index is 0.00133. The number of carbonyl (C=O) groups is 1. The first-order valence-electron chi connectivity index (χ1n) is 9.98. The quantitative estimate of drug-likeness (QED) is 0.580. The fourth-order valence-corrected chi connectivity index (χ4v) is 5.63. The van der Waals surface area contributed by atoms with Gasteiger partial charge in [0.25, 0.3) is 5.91 Å². The second-order valence-corrected chi connectivity index (χ2v) is 9.45. The Balaban J connectivity index is 1.96. The Bertz CT molecular complexity index is 1120. The molecule has 174 valence electrons. The summed E-state index contributed by atoms with van der Waals surface area (Å²) in [6.45, 7) is 4.23. The second kappa shape index (κ2) is 9.29. The molecule has 0 atom stereocenters. The lowest BCUT2D eigenvalue weighted by atomic mass is 10.0. The monoisotopic (exact) mass is 490 g/mol. The molecular formula is C21H22ClF3N2O4S. The van der Waals surface area contributed by atoms with E-state index in [-0.39, 0.29) is 34.3 Å². The molecule has 2 aromatic rings. The number of amides is 1. The smallest absolute Gasteiger partial charge is 0.406 e. The maximum Gasteiger partial charge on any atom is 0.573 e. The van der Waals surface area contributed by atoms with Crippen molar-refractivity contribution in [1.29, 1.82) is 0 Å².